The van der Waals surface area contributed by atoms with E-state index in [1.165, 1.54) is 0 Å². The third kappa shape index (κ3) is 3.16. The maximum absolute atomic E-state index is 12.3. The van der Waals surface area contributed by atoms with Crippen LogP contribution in [0, 0.1) is 0 Å². The van der Waals surface area contributed by atoms with Crippen molar-refractivity contribution in [1.82, 2.24) is 9.88 Å². The highest BCUT2D eigenvalue weighted by atomic mass is 35.5. The van der Waals surface area contributed by atoms with Crippen LogP contribution in [0.25, 0.3) is 0 Å². The molecule has 3 rings (SSSR count). The van der Waals surface area contributed by atoms with Gasteiger partial charge in [-0.25, -0.2) is 0 Å². The summed E-state index contributed by atoms with van der Waals surface area (Å²) in [5.74, 6) is 0.00589. The Morgan fingerprint density at radius 2 is 1.71 bits per heavy atom. The summed E-state index contributed by atoms with van der Waals surface area (Å²) in [5, 5.41) is 0.739. The fourth-order valence-corrected chi connectivity index (χ4v) is 2.60. The summed E-state index contributed by atoms with van der Waals surface area (Å²) in [7, 11) is 0. The Morgan fingerprint density at radius 1 is 1.00 bits per heavy atom. The molecule has 4 nitrogen and oxygen atoms in total. The number of nitrogens with zero attached hydrogens (tertiary/aromatic N) is 3. The number of carbonyl (C=O) groups excluding carboxylic acids is 1. The Bertz CT molecular complexity index is 607. The van der Waals surface area contributed by atoms with Gasteiger partial charge >= 0.3 is 0 Å². The first-order chi connectivity index (χ1) is 10.2. The molecule has 0 bridgehead atoms. The van der Waals surface area contributed by atoms with Crippen molar-refractivity contribution >= 4 is 23.2 Å². The first-order valence-electron chi connectivity index (χ1n) is 6.95. The second-order valence-corrected chi connectivity index (χ2v) is 5.41. The number of amides is 1. The minimum atomic E-state index is 0.00589. The summed E-state index contributed by atoms with van der Waals surface area (Å²) >= 11 is 5.90. The standard InChI is InChI=1S/C16H16ClN3O/c17-13-4-6-14(7-5-13)19-9-11-20(12-10-19)16(21)15-3-1-2-8-18-15/h1-8H,9-12H2. The Kier molecular flexibility index (Phi) is 4.06. The first kappa shape index (κ1) is 13.9. The van der Waals surface area contributed by atoms with E-state index >= 15 is 0 Å². The van der Waals surface area contributed by atoms with Crippen molar-refractivity contribution in [2.75, 3.05) is 31.1 Å². The third-order valence-electron chi connectivity index (χ3n) is 3.64. The van der Waals surface area contributed by atoms with Crippen molar-refractivity contribution in [1.29, 1.82) is 0 Å². The maximum Gasteiger partial charge on any atom is 0.272 e. The molecule has 0 radical (unpaired) electrons. The Balaban J connectivity index is 1.63. The Labute approximate surface area is 129 Å². The van der Waals surface area contributed by atoms with Crippen molar-refractivity contribution < 1.29 is 4.79 Å². The number of carbonyl (C=O) groups is 1. The lowest BCUT2D eigenvalue weighted by Gasteiger charge is -2.36. The van der Waals surface area contributed by atoms with Crippen molar-refractivity contribution in [3.63, 3.8) is 0 Å². The van der Waals surface area contributed by atoms with E-state index in [2.05, 4.69) is 9.88 Å². The Hall–Kier alpha value is -2.07. The van der Waals surface area contributed by atoms with Crippen LogP contribution in [0.15, 0.2) is 48.7 Å². The molecule has 108 valence electrons. The van der Waals surface area contributed by atoms with Gasteiger partial charge in [0, 0.05) is 43.1 Å². The lowest BCUT2D eigenvalue weighted by Crippen LogP contribution is -2.49. The highest BCUT2D eigenvalue weighted by Gasteiger charge is 2.22. The molecule has 2 aromatic rings. The zero-order valence-electron chi connectivity index (χ0n) is 11.6. The highest BCUT2D eigenvalue weighted by Crippen LogP contribution is 2.19. The van der Waals surface area contributed by atoms with Crippen LogP contribution in [0.5, 0.6) is 0 Å². The smallest absolute Gasteiger partial charge is 0.272 e. The lowest BCUT2D eigenvalue weighted by atomic mass is 10.2. The van der Waals surface area contributed by atoms with Crippen LogP contribution in [-0.4, -0.2) is 42.0 Å². The maximum atomic E-state index is 12.3. The minimum absolute atomic E-state index is 0.00589. The van der Waals surface area contributed by atoms with Crippen LogP contribution >= 0.6 is 11.6 Å². The molecular weight excluding hydrogens is 286 g/mol. The van der Waals surface area contributed by atoms with Gasteiger partial charge in [-0.3, -0.25) is 9.78 Å². The molecule has 21 heavy (non-hydrogen) atoms. The fourth-order valence-electron chi connectivity index (χ4n) is 2.47. The van der Waals surface area contributed by atoms with E-state index in [4.69, 9.17) is 11.6 Å². The monoisotopic (exact) mass is 301 g/mol. The van der Waals surface area contributed by atoms with Gasteiger partial charge in [0.2, 0.25) is 0 Å². The molecule has 0 aliphatic carbocycles. The van der Waals surface area contributed by atoms with Gasteiger partial charge < -0.3 is 9.80 Å². The summed E-state index contributed by atoms with van der Waals surface area (Å²) in [4.78, 5) is 20.6. The van der Waals surface area contributed by atoms with Crippen LogP contribution in [0.4, 0.5) is 5.69 Å². The number of anilines is 1. The van der Waals surface area contributed by atoms with Gasteiger partial charge in [-0.15, -0.1) is 0 Å². The summed E-state index contributed by atoms with van der Waals surface area (Å²) < 4.78 is 0. The van der Waals surface area contributed by atoms with E-state index in [9.17, 15) is 4.79 Å². The number of halogens is 1. The fraction of sp³-hybridized carbons (Fsp3) is 0.250. The van der Waals surface area contributed by atoms with Crippen molar-refractivity contribution in [3.8, 4) is 0 Å². The van der Waals surface area contributed by atoms with Crippen molar-refractivity contribution in [3.05, 3.63) is 59.4 Å². The summed E-state index contributed by atoms with van der Waals surface area (Å²) in [6, 6.07) is 13.2. The van der Waals surface area contributed by atoms with Crippen LogP contribution in [0.1, 0.15) is 10.5 Å². The third-order valence-corrected chi connectivity index (χ3v) is 3.89. The number of pyridine rings is 1. The van der Waals surface area contributed by atoms with E-state index in [1.54, 1.807) is 12.3 Å². The second-order valence-electron chi connectivity index (χ2n) is 4.97. The number of piperazine rings is 1. The second kappa shape index (κ2) is 6.14. The van der Waals surface area contributed by atoms with Gasteiger partial charge in [0.15, 0.2) is 0 Å². The molecule has 1 aliphatic rings. The Morgan fingerprint density at radius 3 is 2.33 bits per heavy atom. The van der Waals surface area contributed by atoms with Crippen LogP contribution < -0.4 is 4.90 Å². The largest absolute Gasteiger partial charge is 0.368 e. The number of rotatable bonds is 2. The van der Waals surface area contributed by atoms with E-state index < -0.39 is 0 Å². The lowest BCUT2D eigenvalue weighted by molar-refractivity contribution is 0.0741. The van der Waals surface area contributed by atoms with Crippen LogP contribution in [0.3, 0.4) is 0 Å². The molecule has 0 unspecified atom stereocenters. The molecule has 0 saturated carbocycles. The molecule has 1 aromatic carbocycles. The molecule has 1 fully saturated rings. The average molecular weight is 302 g/mol. The molecule has 1 saturated heterocycles. The summed E-state index contributed by atoms with van der Waals surface area (Å²) in [6.07, 6.45) is 1.65. The van der Waals surface area contributed by atoms with Gasteiger partial charge in [0.05, 0.1) is 0 Å². The topological polar surface area (TPSA) is 36.4 Å². The molecule has 2 heterocycles. The molecular formula is C16H16ClN3O. The molecule has 0 atom stereocenters. The quantitative estimate of drug-likeness (QED) is 0.856. The molecule has 1 aliphatic heterocycles. The number of hydrogen-bond donors (Lipinski definition) is 0. The average Bonchev–Trinajstić information content (AvgIpc) is 2.56. The minimum Gasteiger partial charge on any atom is -0.368 e. The molecule has 5 heteroatoms. The van der Waals surface area contributed by atoms with E-state index in [1.807, 2.05) is 41.3 Å². The molecule has 0 spiro atoms. The highest BCUT2D eigenvalue weighted by molar-refractivity contribution is 6.30. The number of benzene rings is 1. The van der Waals surface area contributed by atoms with E-state index in [0.29, 0.717) is 18.8 Å². The van der Waals surface area contributed by atoms with Gasteiger partial charge in [-0.2, -0.15) is 0 Å². The van der Waals surface area contributed by atoms with E-state index in [0.717, 1.165) is 23.8 Å². The normalized spacial score (nSPS) is 15.1. The molecule has 1 aromatic heterocycles. The van der Waals surface area contributed by atoms with E-state index in [-0.39, 0.29) is 5.91 Å². The zero-order chi connectivity index (χ0) is 14.7. The van der Waals surface area contributed by atoms with Crippen molar-refractivity contribution in [2.24, 2.45) is 0 Å². The van der Waals surface area contributed by atoms with Gasteiger partial charge in [-0.05, 0) is 36.4 Å². The SMILES string of the molecule is O=C(c1ccccn1)N1CCN(c2ccc(Cl)cc2)CC1. The summed E-state index contributed by atoms with van der Waals surface area (Å²) in [5.41, 5.74) is 1.65. The van der Waals surface area contributed by atoms with Crippen LogP contribution in [0.2, 0.25) is 5.02 Å². The number of aromatic nitrogens is 1. The predicted octanol–water partition coefficient (Wildman–Crippen LogP) is 2.70. The van der Waals surface area contributed by atoms with Gasteiger partial charge in [0.25, 0.3) is 5.91 Å². The molecule has 0 N–H and O–H groups in total. The first-order valence-corrected chi connectivity index (χ1v) is 7.33. The zero-order valence-corrected chi connectivity index (χ0v) is 12.3. The van der Waals surface area contributed by atoms with Crippen molar-refractivity contribution in [2.45, 2.75) is 0 Å². The summed E-state index contributed by atoms with van der Waals surface area (Å²) in [6.45, 7) is 3.05. The van der Waals surface area contributed by atoms with Gasteiger partial charge in [-0.1, -0.05) is 17.7 Å². The van der Waals surface area contributed by atoms with Gasteiger partial charge in [0.1, 0.15) is 5.69 Å². The number of hydrogen-bond acceptors (Lipinski definition) is 3. The molecule has 1 amide bonds. The predicted molar refractivity (Wildman–Crippen MR) is 83.8 cm³/mol. The van der Waals surface area contributed by atoms with Crippen LogP contribution in [-0.2, 0) is 0 Å².